The van der Waals surface area contributed by atoms with Crippen LogP contribution in [0.1, 0.15) is 69.5 Å². The quantitative estimate of drug-likeness (QED) is 0.482. The molecule has 0 saturated heterocycles. The molecule has 0 bridgehead atoms. The zero-order valence-corrected chi connectivity index (χ0v) is 20.0. The molecule has 1 atom stereocenters. The number of carbonyl (C=O) groups is 2. The molecule has 0 radical (unpaired) electrons. The Hall–Kier alpha value is -2.45. The molecule has 3 rings (SSSR count). The average molecular weight is 460 g/mol. The molecule has 1 aliphatic carbocycles. The molecule has 0 aliphatic heterocycles. The Balaban J connectivity index is 1.85. The maximum atomic E-state index is 13.0. The van der Waals surface area contributed by atoms with Crippen molar-refractivity contribution in [3.8, 4) is 0 Å². The summed E-state index contributed by atoms with van der Waals surface area (Å²) in [6, 6.07) is 8.50. The van der Waals surface area contributed by atoms with Crippen LogP contribution >= 0.6 is 23.6 Å². The van der Waals surface area contributed by atoms with E-state index in [0.717, 1.165) is 19.3 Å². The molecule has 2 aromatic rings. The van der Waals surface area contributed by atoms with Gasteiger partial charge in [0, 0.05) is 13.1 Å². The molecule has 0 spiro atoms. The van der Waals surface area contributed by atoms with Gasteiger partial charge in [-0.2, -0.15) is 0 Å². The summed E-state index contributed by atoms with van der Waals surface area (Å²) >= 11 is 6.82. The molecule has 0 saturated carbocycles. The van der Waals surface area contributed by atoms with Crippen molar-refractivity contribution in [2.45, 2.75) is 46.1 Å². The normalized spacial score (nSPS) is 15.0. The molecule has 31 heavy (non-hydrogen) atoms. The summed E-state index contributed by atoms with van der Waals surface area (Å²) < 4.78 is 4.98. The van der Waals surface area contributed by atoms with E-state index in [-0.39, 0.29) is 11.9 Å². The standard InChI is InChI=1S/C23H29N3O3S2/c1-5-26(6-2)21(27)19-14(3)18(22(28)29-4)20(31-19)25-23(30)24-17-13-9-11-15-10-7-8-12-16(15)17/h7-8,10,12,17H,5-6,9,11,13H2,1-4H3,(H2,24,25,30)/t17-/m1/s1. The highest BCUT2D eigenvalue weighted by atomic mass is 32.1. The van der Waals surface area contributed by atoms with Crippen LogP contribution in [0.15, 0.2) is 24.3 Å². The van der Waals surface area contributed by atoms with Crippen molar-refractivity contribution in [1.82, 2.24) is 10.2 Å². The summed E-state index contributed by atoms with van der Waals surface area (Å²) in [5.74, 6) is -0.577. The molecule has 1 aromatic carbocycles. The highest BCUT2D eigenvalue weighted by Crippen LogP contribution is 2.35. The van der Waals surface area contributed by atoms with Gasteiger partial charge in [0.1, 0.15) is 5.00 Å². The first-order chi connectivity index (χ1) is 14.9. The Morgan fingerprint density at radius 3 is 2.65 bits per heavy atom. The number of fused-ring (bicyclic) bond motifs is 1. The van der Waals surface area contributed by atoms with Gasteiger partial charge in [-0.05, 0) is 68.9 Å². The van der Waals surface area contributed by atoms with Gasteiger partial charge in [-0.15, -0.1) is 11.3 Å². The number of anilines is 1. The number of carbonyl (C=O) groups excluding carboxylic acids is 2. The Labute approximate surface area is 193 Å². The highest BCUT2D eigenvalue weighted by Gasteiger charge is 2.28. The number of esters is 1. The second-order valence-electron chi connectivity index (χ2n) is 7.47. The smallest absolute Gasteiger partial charge is 0.341 e. The van der Waals surface area contributed by atoms with E-state index in [0.29, 0.717) is 39.2 Å². The van der Waals surface area contributed by atoms with Crippen molar-refractivity contribution in [2.24, 2.45) is 0 Å². The predicted octanol–water partition coefficient (Wildman–Crippen LogP) is 4.69. The van der Waals surface area contributed by atoms with Crippen molar-refractivity contribution in [2.75, 3.05) is 25.5 Å². The van der Waals surface area contributed by atoms with Crippen molar-refractivity contribution >= 4 is 45.5 Å². The lowest BCUT2D eigenvalue weighted by Gasteiger charge is -2.27. The second-order valence-corrected chi connectivity index (χ2v) is 8.90. The molecule has 6 nitrogen and oxygen atoms in total. The SMILES string of the molecule is CCN(CC)C(=O)c1sc(NC(=S)N[C@@H]2CCCc3ccccc32)c(C(=O)OC)c1C. The molecule has 2 N–H and O–H groups in total. The van der Waals surface area contributed by atoms with E-state index in [1.54, 1.807) is 11.8 Å². The van der Waals surface area contributed by atoms with Crippen LogP contribution in [0, 0.1) is 6.92 Å². The molecule has 8 heteroatoms. The Morgan fingerprint density at radius 2 is 1.97 bits per heavy atom. The maximum Gasteiger partial charge on any atom is 0.341 e. The summed E-state index contributed by atoms with van der Waals surface area (Å²) in [4.78, 5) is 27.7. The van der Waals surface area contributed by atoms with Gasteiger partial charge in [-0.1, -0.05) is 24.3 Å². The monoisotopic (exact) mass is 459 g/mol. The van der Waals surface area contributed by atoms with Crippen LogP contribution in [0.4, 0.5) is 5.00 Å². The molecule has 1 aromatic heterocycles. The van der Waals surface area contributed by atoms with Gasteiger partial charge in [0.2, 0.25) is 0 Å². The van der Waals surface area contributed by atoms with E-state index >= 15 is 0 Å². The van der Waals surface area contributed by atoms with E-state index in [1.807, 2.05) is 19.9 Å². The number of nitrogens with one attached hydrogen (secondary N) is 2. The van der Waals surface area contributed by atoms with Gasteiger partial charge in [-0.3, -0.25) is 4.79 Å². The van der Waals surface area contributed by atoms with Crippen molar-refractivity contribution in [3.05, 3.63) is 51.4 Å². The molecule has 0 unspecified atom stereocenters. The number of methoxy groups -OCH3 is 1. The number of rotatable bonds is 6. The average Bonchev–Trinajstić information content (AvgIpc) is 3.09. The van der Waals surface area contributed by atoms with E-state index in [9.17, 15) is 9.59 Å². The largest absolute Gasteiger partial charge is 0.465 e. The van der Waals surface area contributed by atoms with Crippen LogP contribution in [0.5, 0.6) is 0 Å². The summed E-state index contributed by atoms with van der Waals surface area (Å²) in [5, 5.41) is 7.51. The number of aryl methyl sites for hydroxylation is 1. The van der Waals surface area contributed by atoms with Crippen LogP contribution < -0.4 is 10.6 Å². The molecule has 166 valence electrons. The fourth-order valence-corrected chi connectivity index (χ4v) is 5.49. The van der Waals surface area contributed by atoms with Crippen molar-refractivity contribution in [1.29, 1.82) is 0 Å². The van der Waals surface area contributed by atoms with Crippen LogP contribution in [0.2, 0.25) is 0 Å². The number of thiocarbonyl (C=S) groups is 1. The summed E-state index contributed by atoms with van der Waals surface area (Å²) in [5.41, 5.74) is 3.56. The van der Waals surface area contributed by atoms with Crippen molar-refractivity contribution < 1.29 is 14.3 Å². The third kappa shape index (κ3) is 4.91. The summed E-state index contributed by atoms with van der Waals surface area (Å²) in [7, 11) is 1.34. The number of ether oxygens (including phenoxy) is 1. The zero-order chi connectivity index (χ0) is 22.5. The van der Waals surface area contributed by atoms with Crippen LogP contribution in [0.25, 0.3) is 0 Å². The second kappa shape index (κ2) is 10.2. The summed E-state index contributed by atoms with van der Waals surface area (Å²) in [6.07, 6.45) is 3.14. The predicted molar refractivity (Wildman–Crippen MR) is 129 cm³/mol. The minimum Gasteiger partial charge on any atom is -0.465 e. The number of benzene rings is 1. The van der Waals surface area contributed by atoms with Crippen LogP contribution in [-0.2, 0) is 11.2 Å². The Kier molecular flexibility index (Phi) is 7.67. The molecular formula is C23H29N3O3S2. The number of amides is 1. The van der Waals surface area contributed by atoms with Gasteiger partial charge in [-0.25, -0.2) is 4.79 Å². The van der Waals surface area contributed by atoms with Gasteiger partial charge in [0.25, 0.3) is 5.91 Å². The van der Waals surface area contributed by atoms with E-state index in [4.69, 9.17) is 17.0 Å². The third-order valence-corrected chi connectivity index (χ3v) is 7.10. The fraction of sp³-hybridized carbons (Fsp3) is 0.435. The summed E-state index contributed by atoms with van der Waals surface area (Å²) in [6.45, 7) is 6.85. The minimum absolute atomic E-state index is 0.0919. The van der Waals surface area contributed by atoms with E-state index in [2.05, 4.69) is 28.8 Å². The first-order valence-electron chi connectivity index (χ1n) is 10.6. The van der Waals surface area contributed by atoms with E-state index < -0.39 is 5.97 Å². The topological polar surface area (TPSA) is 70.7 Å². The first-order valence-corrected chi connectivity index (χ1v) is 11.8. The molecule has 1 amide bonds. The number of hydrogen-bond donors (Lipinski definition) is 2. The number of thiophene rings is 1. The van der Waals surface area contributed by atoms with Gasteiger partial charge in [0.15, 0.2) is 5.11 Å². The molecular weight excluding hydrogens is 430 g/mol. The highest BCUT2D eigenvalue weighted by molar-refractivity contribution is 7.80. The van der Waals surface area contributed by atoms with Gasteiger partial charge < -0.3 is 20.3 Å². The fourth-order valence-electron chi connectivity index (χ4n) is 4.01. The molecule has 1 aliphatic rings. The number of nitrogens with zero attached hydrogens (tertiary/aromatic N) is 1. The maximum absolute atomic E-state index is 13.0. The lowest BCUT2D eigenvalue weighted by molar-refractivity contribution is 0.0601. The Bertz CT molecular complexity index is 982. The van der Waals surface area contributed by atoms with Crippen LogP contribution in [0.3, 0.4) is 0 Å². The third-order valence-electron chi connectivity index (χ3n) is 5.68. The van der Waals surface area contributed by atoms with Crippen molar-refractivity contribution in [3.63, 3.8) is 0 Å². The van der Waals surface area contributed by atoms with Crippen LogP contribution in [-0.4, -0.2) is 42.1 Å². The zero-order valence-electron chi connectivity index (χ0n) is 18.4. The molecule has 1 heterocycles. The Morgan fingerprint density at radius 1 is 1.26 bits per heavy atom. The number of hydrogen-bond acceptors (Lipinski definition) is 5. The van der Waals surface area contributed by atoms with Gasteiger partial charge in [0.05, 0.1) is 23.6 Å². The molecule has 0 fully saturated rings. The van der Waals surface area contributed by atoms with Gasteiger partial charge >= 0.3 is 5.97 Å². The minimum atomic E-state index is -0.486. The first kappa shape index (κ1) is 23.2. The lowest BCUT2D eigenvalue weighted by atomic mass is 9.88. The lowest BCUT2D eigenvalue weighted by Crippen LogP contribution is -2.34. The van der Waals surface area contributed by atoms with E-state index in [1.165, 1.54) is 29.6 Å².